The largest absolute Gasteiger partial charge is 0.398 e. The predicted octanol–water partition coefficient (Wildman–Crippen LogP) is 3.56. The average Bonchev–Trinajstić information content (AvgIpc) is 2.62. The van der Waals surface area contributed by atoms with Crippen LogP contribution >= 0.6 is 11.6 Å². The molecular weight excluding hydrogens is 377 g/mol. The van der Waals surface area contributed by atoms with Crippen molar-refractivity contribution in [3.8, 4) is 23.2 Å². The lowest BCUT2D eigenvalue weighted by Crippen LogP contribution is -2.51. The van der Waals surface area contributed by atoms with Crippen LogP contribution < -0.4 is 11.5 Å². The van der Waals surface area contributed by atoms with E-state index in [1.165, 1.54) is 6.07 Å². The van der Waals surface area contributed by atoms with Gasteiger partial charge in [0.15, 0.2) is 11.6 Å². The van der Waals surface area contributed by atoms with E-state index >= 15 is 0 Å². The van der Waals surface area contributed by atoms with Crippen LogP contribution in [-0.4, -0.2) is 35.0 Å². The third-order valence-corrected chi connectivity index (χ3v) is 5.12. The van der Waals surface area contributed by atoms with E-state index in [2.05, 4.69) is 40.7 Å². The van der Waals surface area contributed by atoms with Crippen molar-refractivity contribution in [1.82, 2.24) is 14.9 Å². The molecule has 142 valence electrons. The third-order valence-electron chi connectivity index (χ3n) is 4.83. The van der Waals surface area contributed by atoms with Gasteiger partial charge >= 0.3 is 0 Å². The van der Waals surface area contributed by atoms with Crippen LogP contribution in [0.2, 0.25) is 5.02 Å². The highest BCUT2D eigenvalue weighted by atomic mass is 35.5. The topological polar surface area (TPSA) is 81.1 Å². The van der Waals surface area contributed by atoms with E-state index in [-0.39, 0.29) is 27.6 Å². The van der Waals surface area contributed by atoms with Gasteiger partial charge in [0.05, 0.1) is 21.5 Å². The van der Waals surface area contributed by atoms with Crippen LogP contribution in [0, 0.1) is 23.1 Å². The molecule has 0 amide bonds. The minimum atomic E-state index is -0.583. The van der Waals surface area contributed by atoms with Gasteiger partial charge in [-0.2, -0.15) is 0 Å². The summed E-state index contributed by atoms with van der Waals surface area (Å²) < 4.78 is 14.4. The number of nitrogens with zero attached hydrogens (tertiary/aromatic N) is 3. The fourth-order valence-corrected chi connectivity index (χ4v) is 3.74. The lowest BCUT2D eigenvalue weighted by molar-refractivity contribution is 0.0916. The van der Waals surface area contributed by atoms with E-state index < -0.39 is 5.82 Å². The van der Waals surface area contributed by atoms with E-state index in [9.17, 15) is 4.39 Å². The van der Waals surface area contributed by atoms with Crippen molar-refractivity contribution in [2.24, 2.45) is 5.41 Å². The molecule has 0 spiro atoms. The molecule has 0 atom stereocenters. The first kappa shape index (κ1) is 18.5. The molecule has 28 heavy (non-hydrogen) atoms. The summed E-state index contributed by atoms with van der Waals surface area (Å²) in [5.41, 5.74) is 14.1. The first-order chi connectivity index (χ1) is 13.3. The molecule has 2 heterocycles. The highest BCUT2D eigenvalue weighted by molar-refractivity contribution is 6.31. The summed E-state index contributed by atoms with van der Waals surface area (Å²) in [5, 5.41) is 0.603. The second kappa shape index (κ2) is 6.62. The fourth-order valence-electron chi connectivity index (χ4n) is 3.56. The molecule has 4 rings (SSSR count). The summed E-state index contributed by atoms with van der Waals surface area (Å²) in [7, 11) is 2.06. The molecule has 1 fully saturated rings. The van der Waals surface area contributed by atoms with Gasteiger partial charge in [-0.25, -0.2) is 14.4 Å². The molecule has 7 heteroatoms. The van der Waals surface area contributed by atoms with Crippen molar-refractivity contribution in [2.75, 3.05) is 31.6 Å². The number of anilines is 2. The van der Waals surface area contributed by atoms with Gasteiger partial charge in [-0.1, -0.05) is 29.5 Å². The van der Waals surface area contributed by atoms with Gasteiger partial charge in [0, 0.05) is 29.7 Å². The Balaban J connectivity index is 1.82. The van der Waals surface area contributed by atoms with Gasteiger partial charge in [-0.3, -0.25) is 0 Å². The van der Waals surface area contributed by atoms with Crippen molar-refractivity contribution in [2.45, 2.75) is 6.92 Å². The van der Waals surface area contributed by atoms with E-state index in [1.807, 2.05) is 0 Å². The molecule has 1 aliphatic heterocycles. The van der Waals surface area contributed by atoms with E-state index in [0.717, 1.165) is 13.1 Å². The normalized spacial score (nSPS) is 15.7. The Labute approximate surface area is 167 Å². The van der Waals surface area contributed by atoms with Crippen molar-refractivity contribution in [1.29, 1.82) is 0 Å². The van der Waals surface area contributed by atoms with Crippen LogP contribution in [0.3, 0.4) is 0 Å². The molecule has 0 radical (unpaired) electrons. The molecule has 1 aliphatic rings. The van der Waals surface area contributed by atoms with Crippen molar-refractivity contribution in [3.63, 3.8) is 0 Å². The molecule has 1 saturated heterocycles. The number of nitrogens with two attached hydrogens (primary N) is 2. The van der Waals surface area contributed by atoms with E-state index in [1.54, 1.807) is 24.3 Å². The number of rotatable bonds is 1. The molecule has 0 saturated carbocycles. The van der Waals surface area contributed by atoms with Gasteiger partial charge < -0.3 is 16.4 Å². The standard InChI is InChI=1S/C21H19ClFN5/c1-21(10-28(2)11-21)7-6-12-8-17-14(9-16(12)24)19(25)27-20(26-17)13-4-3-5-15(22)18(13)23/h3-5,8-9H,10-11,24H2,1-2H3,(H2,25,26,27). The molecule has 3 aromatic rings. The molecule has 4 N–H and O–H groups in total. The number of nitrogen functional groups attached to an aromatic ring is 2. The lowest BCUT2D eigenvalue weighted by Gasteiger charge is -2.42. The van der Waals surface area contributed by atoms with Gasteiger partial charge in [0.1, 0.15) is 5.82 Å². The van der Waals surface area contributed by atoms with Crippen molar-refractivity contribution in [3.05, 3.63) is 46.7 Å². The van der Waals surface area contributed by atoms with E-state index in [0.29, 0.717) is 22.2 Å². The van der Waals surface area contributed by atoms with Gasteiger partial charge in [0.25, 0.3) is 0 Å². The van der Waals surface area contributed by atoms with Crippen LogP contribution in [0.5, 0.6) is 0 Å². The number of halogens is 2. The number of aromatic nitrogens is 2. The summed E-state index contributed by atoms with van der Waals surface area (Å²) in [4.78, 5) is 10.9. The molecule has 2 aromatic carbocycles. The smallest absolute Gasteiger partial charge is 0.165 e. The maximum absolute atomic E-state index is 14.4. The number of likely N-dealkylation sites (tertiary alicyclic amines) is 1. The Kier molecular flexibility index (Phi) is 4.37. The van der Waals surface area contributed by atoms with E-state index in [4.69, 9.17) is 23.1 Å². The summed E-state index contributed by atoms with van der Waals surface area (Å²) in [6, 6.07) is 8.15. The molecule has 0 aliphatic carbocycles. The number of hydrogen-bond donors (Lipinski definition) is 2. The van der Waals surface area contributed by atoms with Gasteiger partial charge in [-0.15, -0.1) is 0 Å². The molecular formula is C21H19ClFN5. The molecule has 0 bridgehead atoms. The number of fused-ring (bicyclic) bond motifs is 1. The van der Waals surface area contributed by atoms with Crippen LogP contribution in [0.25, 0.3) is 22.3 Å². The summed E-state index contributed by atoms with van der Waals surface area (Å²) in [6.45, 7) is 3.96. The number of benzene rings is 2. The van der Waals surface area contributed by atoms with Crippen LogP contribution in [-0.2, 0) is 0 Å². The Hall–Kier alpha value is -2.88. The summed E-state index contributed by atoms with van der Waals surface area (Å²) >= 11 is 5.88. The van der Waals surface area contributed by atoms with Gasteiger partial charge in [0.2, 0.25) is 0 Å². The molecule has 5 nitrogen and oxygen atoms in total. The quantitative estimate of drug-likeness (QED) is 0.486. The Morgan fingerprint density at radius 1 is 1.21 bits per heavy atom. The van der Waals surface area contributed by atoms with Crippen LogP contribution in [0.1, 0.15) is 12.5 Å². The highest BCUT2D eigenvalue weighted by Crippen LogP contribution is 2.31. The zero-order valence-corrected chi connectivity index (χ0v) is 16.3. The predicted molar refractivity (Wildman–Crippen MR) is 111 cm³/mol. The van der Waals surface area contributed by atoms with Crippen LogP contribution in [0.4, 0.5) is 15.9 Å². The Morgan fingerprint density at radius 3 is 2.68 bits per heavy atom. The number of hydrogen-bond acceptors (Lipinski definition) is 5. The second-order valence-corrected chi connectivity index (χ2v) is 7.88. The minimum absolute atomic E-state index is 0.00217. The fraction of sp³-hybridized carbons (Fsp3) is 0.238. The zero-order chi connectivity index (χ0) is 20.1. The second-order valence-electron chi connectivity index (χ2n) is 7.47. The molecule has 0 unspecified atom stereocenters. The summed E-state index contributed by atoms with van der Waals surface area (Å²) in [5.74, 6) is 6.28. The first-order valence-electron chi connectivity index (χ1n) is 8.79. The maximum atomic E-state index is 14.4. The van der Waals surface area contributed by atoms with Gasteiger partial charge in [-0.05, 0) is 38.2 Å². The monoisotopic (exact) mass is 395 g/mol. The molecule has 1 aromatic heterocycles. The van der Waals surface area contributed by atoms with Crippen molar-refractivity contribution >= 4 is 34.0 Å². The first-order valence-corrected chi connectivity index (χ1v) is 9.16. The zero-order valence-electron chi connectivity index (χ0n) is 15.6. The van der Waals surface area contributed by atoms with Crippen LogP contribution in [0.15, 0.2) is 30.3 Å². The maximum Gasteiger partial charge on any atom is 0.165 e. The third kappa shape index (κ3) is 3.24. The Bertz CT molecular complexity index is 1160. The SMILES string of the molecule is CN1CC(C)(C#Cc2cc3nc(-c4cccc(Cl)c4F)nc(N)c3cc2N)C1. The average molecular weight is 396 g/mol. The van der Waals surface area contributed by atoms with Crippen molar-refractivity contribution < 1.29 is 4.39 Å². The minimum Gasteiger partial charge on any atom is -0.398 e. The Morgan fingerprint density at radius 2 is 1.96 bits per heavy atom. The lowest BCUT2D eigenvalue weighted by atomic mass is 9.83. The summed E-state index contributed by atoms with van der Waals surface area (Å²) in [6.07, 6.45) is 0. The highest BCUT2D eigenvalue weighted by Gasteiger charge is 2.34.